The van der Waals surface area contributed by atoms with E-state index in [1.54, 1.807) is 13.8 Å². The van der Waals surface area contributed by atoms with Gasteiger partial charge in [-0.15, -0.1) is 0 Å². The van der Waals surface area contributed by atoms with Crippen LogP contribution in [-0.4, -0.2) is 11.9 Å². The van der Waals surface area contributed by atoms with Crippen molar-refractivity contribution in [2.75, 3.05) is 0 Å². The van der Waals surface area contributed by atoms with Gasteiger partial charge in [0.05, 0.1) is 17.4 Å². The van der Waals surface area contributed by atoms with E-state index in [4.69, 9.17) is 0 Å². The summed E-state index contributed by atoms with van der Waals surface area (Å²) >= 11 is 0. The maximum Gasteiger partial charge on any atom is 1.00 e. The summed E-state index contributed by atoms with van der Waals surface area (Å²) in [7, 11) is 0. The molecule has 0 spiro atoms. The van der Waals surface area contributed by atoms with E-state index in [1.165, 1.54) is 0 Å². The average molecular weight is 240 g/mol. The first-order valence-electron chi connectivity index (χ1n) is 5.87. The van der Waals surface area contributed by atoms with Crippen LogP contribution in [0.4, 0.5) is 0 Å². The third-order valence-corrected chi connectivity index (χ3v) is 3.84. The summed E-state index contributed by atoms with van der Waals surface area (Å²) in [4.78, 5) is 22.5. The minimum Gasteiger partial charge on any atom is -0.549 e. The predicted octanol–water partition coefficient (Wildman–Crippen LogP) is -6.28. The fourth-order valence-corrected chi connectivity index (χ4v) is 2.92. The molecule has 4 nitrogen and oxygen atoms in total. The molecular weight excluding hydrogens is 222 g/mol. The van der Waals surface area contributed by atoms with Gasteiger partial charge in [0.15, 0.2) is 0 Å². The number of hydrogen-bond donors (Lipinski definition) is 0. The zero-order chi connectivity index (χ0) is 12.3. The number of carboxylic acid groups (broad SMARTS) is 2. The molecule has 0 aliphatic heterocycles. The summed E-state index contributed by atoms with van der Waals surface area (Å²) in [6.07, 6.45) is 4.10. The molecule has 0 unspecified atom stereocenters. The first kappa shape index (κ1) is 20.5. The molecule has 0 radical (unpaired) electrons. The van der Waals surface area contributed by atoms with Crippen LogP contribution < -0.4 is 47.9 Å². The van der Waals surface area contributed by atoms with Crippen LogP contribution in [-0.2, 0) is 9.59 Å². The molecule has 1 aliphatic carbocycles. The zero-order valence-electron chi connectivity index (χ0n) is 11.8. The Morgan fingerprint density at radius 3 is 1.67 bits per heavy atom. The van der Waals surface area contributed by atoms with E-state index in [9.17, 15) is 19.8 Å². The van der Waals surface area contributed by atoms with Gasteiger partial charge in [-0.1, -0.05) is 33.1 Å². The van der Waals surface area contributed by atoms with E-state index >= 15 is 0 Å². The molecule has 92 valence electrons. The second-order valence-corrected chi connectivity index (χ2v) is 4.93. The van der Waals surface area contributed by atoms with Gasteiger partial charge in [-0.05, 0) is 24.7 Å². The smallest absolute Gasteiger partial charge is 0.549 e. The van der Waals surface area contributed by atoms with Crippen molar-refractivity contribution in [1.82, 2.24) is 0 Å². The number of rotatable bonds is 4. The first-order valence-corrected chi connectivity index (χ1v) is 5.87. The van der Waals surface area contributed by atoms with E-state index < -0.39 is 23.3 Å². The summed E-state index contributed by atoms with van der Waals surface area (Å²) in [5.41, 5.74) is -1.82. The minimum atomic E-state index is -1.82. The Morgan fingerprint density at radius 1 is 1.00 bits per heavy atom. The summed E-state index contributed by atoms with van der Waals surface area (Å²) in [5.74, 6) is -3.84. The number of hydrogen-bond acceptors (Lipinski definition) is 4. The number of aliphatic carboxylic acids is 2. The van der Waals surface area contributed by atoms with Gasteiger partial charge in [-0.3, -0.25) is 0 Å². The molecule has 0 atom stereocenters. The fourth-order valence-electron chi connectivity index (χ4n) is 2.92. The van der Waals surface area contributed by atoms with Crippen molar-refractivity contribution in [1.29, 1.82) is 0 Å². The summed E-state index contributed by atoms with van der Waals surface area (Å²) in [6.45, 7) is 3.22. The van der Waals surface area contributed by atoms with Crippen LogP contribution in [0.1, 0.15) is 46.0 Å². The maximum atomic E-state index is 11.3. The molecule has 1 rings (SSSR count). The van der Waals surface area contributed by atoms with Gasteiger partial charge in [-0.2, -0.15) is 0 Å². The van der Waals surface area contributed by atoms with Crippen LogP contribution in [0.5, 0.6) is 0 Å². The van der Waals surface area contributed by atoms with Gasteiger partial charge < -0.3 is 19.8 Å². The van der Waals surface area contributed by atoms with Crippen LogP contribution in [0.15, 0.2) is 0 Å². The van der Waals surface area contributed by atoms with Crippen molar-refractivity contribution in [2.24, 2.45) is 17.3 Å². The third-order valence-electron chi connectivity index (χ3n) is 3.84. The normalized spacial score (nSPS) is 16.6. The van der Waals surface area contributed by atoms with Gasteiger partial charge in [0, 0.05) is 0 Å². The Balaban J connectivity index is 0. The molecule has 0 aromatic carbocycles. The Morgan fingerprint density at radius 2 is 1.39 bits per heavy atom. The second-order valence-electron chi connectivity index (χ2n) is 4.93. The third kappa shape index (κ3) is 3.58. The van der Waals surface area contributed by atoms with E-state index in [1.807, 2.05) is 0 Å². The molecule has 0 aromatic heterocycles. The van der Waals surface area contributed by atoms with Crippen LogP contribution in [0.3, 0.4) is 0 Å². The largest absolute Gasteiger partial charge is 1.00 e. The quantitative estimate of drug-likeness (QED) is 0.361. The van der Waals surface area contributed by atoms with Gasteiger partial charge in [0.25, 0.3) is 0 Å². The number of carboxylic acids is 2. The number of carbonyl (C=O) groups is 2. The van der Waals surface area contributed by atoms with Crippen molar-refractivity contribution in [2.45, 2.75) is 46.0 Å². The Bertz CT molecular complexity index is 272. The summed E-state index contributed by atoms with van der Waals surface area (Å²) < 4.78 is 0. The molecule has 0 bridgehead atoms. The monoisotopic (exact) mass is 240 g/mol. The molecule has 18 heavy (non-hydrogen) atoms. The van der Waals surface area contributed by atoms with Crippen molar-refractivity contribution >= 4 is 11.9 Å². The maximum absolute atomic E-state index is 11.3. The van der Waals surface area contributed by atoms with Crippen molar-refractivity contribution in [3.05, 3.63) is 0 Å². The van der Waals surface area contributed by atoms with Crippen LogP contribution >= 0.6 is 0 Å². The van der Waals surface area contributed by atoms with Crippen LogP contribution in [0.2, 0.25) is 0 Å². The van der Waals surface area contributed by atoms with Crippen LogP contribution in [0, 0.1) is 17.3 Å². The minimum absolute atomic E-state index is 0. The molecule has 0 heterocycles. The standard InChI is InChI=1S/C12H20O4.2Li/c1-8(2)12(10(13)14,11(15)16)9-6-4-3-5-7-9;;/h8-9H,3-7H2,1-2H3,(H,13,14)(H,15,16);;/q;2*+1/p-2. The fraction of sp³-hybridized carbons (Fsp3) is 0.833. The Kier molecular flexibility index (Phi) is 9.47. The molecule has 0 amide bonds. The SMILES string of the molecule is CC(C)C(C(=O)[O-])(C(=O)[O-])C1CCCCC1.[Li+].[Li+]. The molecule has 0 aromatic rings. The Labute approximate surface area is 132 Å². The number of carbonyl (C=O) groups excluding carboxylic acids is 2. The molecule has 1 aliphatic rings. The van der Waals surface area contributed by atoms with Crippen molar-refractivity contribution in [3.8, 4) is 0 Å². The van der Waals surface area contributed by atoms with Gasteiger partial charge in [0.1, 0.15) is 0 Å². The van der Waals surface area contributed by atoms with Gasteiger partial charge in [-0.25, -0.2) is 0 Å². The molecule has 1 fully saturated rings. The van der Waals surface area contributed by atoms with Gasteiger partial charge >= 0.3 is 37.7 Å². The molecule has 6 heteroatoms. The average Bonchev–Trinajstić information content (AvgIpc) is 2.18. The zero-order valence-corrected chi connectivity index (χ0v) is 11.8. The van der Waals surface area contributed by atoms with Crippen LogP contribution in [0.25, 0.3) is 0 Å². The van der Waals surface area contributed by atoms with Crippen molar-refractivity contribution < 1.29 is 57.5 Å². The molecule has 0 N–H and O–H groups in total. The topological polar surface area (TPSA) is 80.3 Å². The van der Waals surface area contributed by atoms with E-state index in [-0.39, 0.29) is 43.6 Å². The molecule has 0 saturated heterocycles. The Hall–Kier alpha value is 0.135. The predicted molar refractivity (Wildman–Crippen MR) is 53.9 cm³/mol. The van der Waals surface area contributed by atoms with E-state index in [2.05, 4.69) is 0 Å². The second kappa shape index (κ2) is 8.33. The summed E-state index contributed by atoms with van der Waals surface area (Å²) in [5, 5.41) is 22.5. The molecular formula is C12H18Li2O4. The first-order chi connectivity index (χ1) is 7.44. The van der Waals surface area contributed by atoms with Crippen molar-refractivity contribution in [3.63, 3.8) is 0 Å². The van der Waals surface area contributed by atoms with Gasteiger partial charge in [0.2, 0.25) is 0 Å². The van der Waals surface area contributed by atoms with E-state index in [0.717, 1.165) is 19.3 Å². The van der Waals surface area contributed by atoms with E-state index in [0.29, 0.717) is 12.8 Å². The molecule has 1 saturated carbocycles. The summed E-state index contributed by atoms with van der Waals surface area (Å²) in [6, 6.07) is 0.